The van der Waals surface area contributed by atoms with Crippen molar-refractivity contribution < 1.29 is 27.8 Å². The summed E-state index contributed by atoms with van der Waals surface area (Å²) >= 11 is 0. The predicted molar refractivity (Wildman–Crippen MR) is 181 cm³/mol. The smallest absolute Gasteiger partial charge is 0.319 e. The van der Waals surface area contributed by atoms with Crippen molar-refractivity contribution in [2.75, 3.05) is 51.8 Å². The largest absolute Gasteiger partial charge is 0.463 e. The number of anilines is 1. The van der Waals surface area contributed by atoms with Crippen molar-refractivity contribution in [2.45, 2.75) is 64.9 Å². The van der Waals surface area contributed by atoms with Crippen molar-refractivity contribution >= 4 is 33.5 Å². The molecule has 2 aromatic heterocycles. The van der Waals surface area contributed by atoms with Gasteiger partial charge in [-0.05, 0) is 80.7 Å². The van der Waals surface area contributed by atoms with Crippen LogP contribution in [0.25, 0.3) is 32.9 Å². The number of ether oxygens (including phenoxy) is 3. The second-order valence-corrected chi connectivity index (χ2v) is 14.4. The topological polar surface area (TPSA) is 89.9 Å². The zero-order chi connectivity index (χ0) is 33.8. The van der Waals surface area contributed by atoms with Gasteiger partial charge < -0.3 is 24.0 Å². The molecule has 0 amide bonds. The molecule has 2 aromatic carbocycles. The van der Waals surface area contributed by atoms with Gasteiger partial charge >= 0.3 is 12.0 Å². The Morgan fingerprint density at radius 1 is 1.12 bits per heavy atom. The van der Waals surface area contributed by atoms with Crippen molar-refractivity contribution in [1.82, 2.24) is 19.9 Å². The van der Waals surface area contributed by atoms with Gasteiger partial charge in [0.15, 0.2) is 5.82 Å². The van der Waals surface area contributed by atoms with E-state index < -0.39 is 17.6 Å². The number of fused-ring (bicyclic) bond motifs is 2. The molecule has 48 heavy (non-hydrogen) atoms. The molecular formula is C37H43F2N5O4. The van der Waals surface area contributed by atoms with Gasteiger partial charge in [-0.3, -0.25) is 9.78 Å². The Morgan fingerprint density at radius 3 is 2.58 bits per heavy atom. The molecule has 254 valence electrons. The van der Waals surface area contributed by atoms with Gasteiger partial charge in [0.25, 0.3) is 0 Å². The van der Waals surface area contributed by atoms with Crippen LogP contribution in [0.4, 0.5) is 14.6 Å². The van der Waals surface area contributed by atoms with E-state index >= 15 is 8.78 Å². The molecule has 7 rings (SSSR count). The van der Waals surface area contributed by atoms with Crippen LogP contribution in [0.3, 0.4) is 0 Å². The van der Waals surface area contributed by atoms with E-state index in [2.05, 4.69) is 19.8 Å². The maximum absolute atomic E-state index is 17.1. The minimum Gasteiger partial charge on any atom is -0.463 e. The normalized spacial score (nSPS) is 20.1. The van der Waals surface area contributed by atoms with Crippen LogP contribution in [0.1, 0.15) is 58.4 Å². The van der Waals surface area contributed by atoms with Gasteiger partial charge in [-0.15, -0.1) is 0 Å². The maximum atomic E-state index is 17.1. The fourth-order valence-corrected chi connectivity index (χ4v) is 7.23. The first-order valence-corrected chi connectivity index (χ1v) is 17.0. The Morgan fingerprint density at radius 2 is 1.92 bits per heavy atom. The van der Waals surface area contributed by atoms with E-state index in [0.717, 1.165) is 51.8 Å². The summed E-state index contributed by atoms with van der Waals surface area (Å²) in [7, 11) is 4.09. The average Bonchev–Trinajstić information content (AvgIpc) is 3.81. The molecule has 1 aliphatic carbocycles. The standard InChI is InChI=1S/C37H43F2N5O4/c1-6-25-28(38)9-8-23-16-24(48-34(45)22(2)3)17-26(29(23)25)31-30(39)32-27(18-40-31)33(44-14-7-10-37(20-44)13-15-47-37)42-35(41-32)46-21-36(11-12-36)19-43(4)5/h8-9,16-18,22H,6-7,10-15,19-21H2,1-5H3/t37-/m1/s1. The molecular weight excluding hydrogens is 616 g/mol. The van der Waals surface area contributed by atoms with Crippen LogP contribution < -0.4 is 14.4 Å². The summed E-state index contributed by atoms with van der Waals surface area (Å²) in [5.41, 5.74) is 0.590. The van der Waals surface area contributed by atoms with E-state index in [0.29, 0.717) is 52.7 Å². The van der Waals surface area contributed by atoms with Gasteiger partial charge in [-0.1, -0.05) is 26.8 Å². The molecule has 4 heterocycles. The summed E-state index contributed by atoms with van der Waals surface area (Å²) < 4.78 is 50.3. The minimum absolute atomic E-state index is 0.0189. The number of hydrogen-bond acceptors (Lipinski definition) is 9. The number of pyridine rings is 1. The molecule has 1 spiro atoms. The Hall–Kier alpha value is -3.96. The fraction of sp³-hybridized carbons (Fsp3) is 0.514. The number of nitrogens with zero attached hydrogens (tertiary/aromatic N) is 5. The van der Waals surface area contributed by atoms with Crippen LogP contribution in [0.2, 0.25) is 0 Å². The predicted octanol–water partition coefficient (Wildman–Crippen LogP) is 6.73. The number of rotatable bonds is 10. The first-order valence-electron chi connectivity index (χ1n) is 17.0. The highest BCUT2D eigenvalue weighted by atomic mass is 19.1. The highest BCUT2D eigenvalue weighted by molar-refractivity contribution is 6.02. The molecule has 3 aliphatic rings. The number of piperidine rings is 1. The summed E-state index contributed by atoms with van der Waals surface area (Å²) in [5.74, 6) is -1.09. The maximum Gasteiger partial charge on any atom is 0.319 e. The van der Waals surface area contributed by atoms with Gasteiger partial charge in [0.05, 0.1) is 30.1 Å². The lowest BCUT2D eigenvalue weighted by molar-refractivity contribution is -0.151. The van der Waals surface area contributed by atoms with Gasteiger partial charge in [-0.25, -0.2) is 8.78 Å². The number of carbonyl (C=O) groups is 1. The molecule has 0 N–H and O–H groups in total. The van der Waals surface area contributed by atoms with Crippen LogP contribution in [-0.4, -0.2) is 78.4 Å². The van der Waals surface area contributed by atoms with Crippen LogP contribution >= 0.6 is 0 Å². The molecule has 3 fully saturated rings. The van der Waals surface area contributed by atoms with Crippen molar-refractivity contribution in [3.8, 4) is 23.0 Å². The zero-order valence-corrected chi connectivity index (χ0v) is 28.4. The summed E-state index contributed by atoms with van der Waals surface area (Å²) in [6.45, 7) is 8.74. The zero-order valence-electron chi connectivity index (χ0n) is 28.4. The Kier molecular flexibility index (Phi) is 8.48. The van der Waals surface area contributed by atoms with Crippen LogP contribution in [0.15, 0.2) is 30.5 Å². The third kappa shape index (κ3) is 6.07. The van der Waals surface area contributed by atoms with E-state index in [4.69, 9.17) is 19.2 Å². The Bertz CT molecular complexity index is 1890. The van der Waals surface area contributed by atoms with E-state index in [9.17, 15) is 4.79 Å². The van der Waals surface area contributed by atoms with Crippen LogP contribution in [-0.2, 0) is 16.0 Å². The first-order chi connectivity index (χ1) is 23.0. The highest BCUT2D eigenvalue weighted by Crippen LogP contribution is 2.47. The molecule has 0 unspecified atom stereocenters. The number of aryl methyl sites for hydroxylation is 1. The van der Waals surface area contributed by atoms with E-state index in [1.807, 2.05) is 21.0 Å². The van der Waals surface area contributed by atoms with E-state index in [-0.39, 0.29) is 39.9 Å². The highest BCUT2D eigenvalue weighted by Gasteiger charge is 2.45. The molecule has 9 nitrogen and oxygen atoms in total. The van der Waals surface area contributed by atoms with Gasteiger partial charge in [0, 0.05) is 43.2 Å². The fourth-order valence-electron chi connectivity index (χ4n) is 7.23. The summed E-state index contributed by atoms with van der Waals surface area (Å²) in [4.78, 5) is 31.0. The third-order valence-corrected chi connectivity index (χ3v) is 10.0. The quantitative estimate of drug-likeness (QED) is 0.136. The third-order valence-electron chi connectivity index (χ3n) is 10.0. The molecule has 4 aromatic rings. The Balaban J connectivity index is 1.38. The van der Waals surface area contributed by atoms with Gasteiger partial charge in [-0.2, -0.15) is 9.97 Å². The van der Waals surface area contributed by atoms with Crippen molar-refractivity contribution in [3.63, 3.8) is 0 Å². The second kappa shape index (κ2) is 12.5. The van der Waals surface area contributed by atoms with Gasteiger partial charge in [0.1, 0.15) is 28.6 Å². The van der Waals surface area contributed by atoms with Crippen molar-refractivity contribution in [3.05, 3.63) is 47.7 Å². The van der Waals surface area contributed by atoms with Gasteiger partial charge in [0.2, 0.25) is 0 Å². The summed E-state index contributed by atoms with van der Waals surface area (Å²) in [6.07, 6.45) is 6.91. The van der Waals surface area contributed by atoms with Crippen LogP contribution in [0, 0.1) is 23.0 Å². The monoisotopic (exact) mass is 659 g/mol. The van der Waals surface area contributed by atoms with Crippen LogP contribution in [0.5, 0.6) is 11.8 Å². The number of hydrogen-bond donors (Lipinski definition) is 0. The van der Waals surface area contributed by atoms with Crippen molar-refractivity contribution in [2.24, 2.45) is 11.3 Å². The molecule has 2 aliphatic heterocycles. The lowest BCUT2D eigenvalue weighted by atomic mass is 9.86. The SMILES string of the molecule is CCc1c(F)ccc2cc(OC(=O)C(C)C)cc(-c3ncc4c(N5CCC[C@@]6(CCO6)C5)nc(OCC5(CN(C)C)CC5)nc4c3F)c12. The number of benzene rings is 2. The molecule has 2 saturated heterocycles. The Labute approximate surface area is 279 Å². The average molecular weight is 660 g/mol. The lowest BCUT2D eigenvalue weighted by Crippen LogP contribution is -2.56. The number of esters is 1. The molecule has 1 saturated carbocycles. The second-order valence-electron chi connectivity index (χ2n) is 14.4. The number of halogens is 2. The van der Waals surface area contributed by atoms with E-state index in [1.54, 1.807) is 38.2 Å². The molecule has 0 bridgehead atoms. The minimum atomic E-state index is -0.679. The molecule has 0 radical (unpaired) electrons. The van der Waals surface area contributed by atoms with E-state index in [1.165, 1.54) is 6.07 Å². The molecule has 11 heteroatoms. The number of carbonyl (C=O) groups excluding carboxylic acids is 1. The molecule has 1 atom stereocenters. The first kappa shape index (κ1) is 32.6. The summed E-state index contributed by atoms with van der Waals surface area (Å²) in [6, 6.07) is 6.35. The van der Waals surface area contributed by atoms with Crippen molar-refractivity contribution in [1.29, 1.82) is 0 Å². The number of aromatic nitrogens is 3. The summed E-state index contributed by atoms with van der Waals surface area (Å²) in [5, 5.41) is 1.58. The lowest BCUT2D eigenvalue weighted by Gasteiger charge is -2.48.